The summed E-state index contributed by atoms with van der Waals surface area (Å²) in [4.78, 5) is 0. The molecule has 2 nitrogen and oxygen atoms in total. The van der Waals surface area contributed by atoms with Crippen molar-refractivity contribution in [1.82, 2.24) is 0 Å². The summed E-state index contributed by atoms with van der Waals surface area (Å²) >= 11 is 0. The molecule has 0 amide bonds. The van der Waals surface area contributed by atoms with Gasteiger partial charge in [-0.2, -0.15) is 0 Å². The summed E-state index contributed by atoms with van der Waals surface area (Å²) in [6.45, 7) is 3.76. The third-order valence-electron chi connectivity index (χ3n) is 0.968. The van der Waals surface area contributed by atoms with Crippen molar-refractivity contribution in [3.63, 3.8) is 0 Å². The zero-order chi connectivity index (χ0) is 6.57. The molecule has 2 heteroatoms. The topological polar surface area (TPSA) is 52.0 Å². The predicted octanol–water partition coefficient (Wildman–Crippen LogP) is 0.711. The van der Waals surface area contributed by atoms with Crippen molar-refractivity contribution in [3.8, 4) is 0 Å². The van der Waals surface area contributed by atoms with Crippen LogP contribution in [0.5, 0.6) is 0 Å². The van der Waals surface area contributed by atoms with Gasteiger partial charge in [0.1, 0.15) is 0 Å². The zero-order valence-electron chi connectivity index (χ0n) is 5.31. The van der Waals surface area contributed by atoms with Gasteiger partial charge in [-0.25, -0.2) is 0 Å². The van der Waals surface area contributed by atoms with Gasteiger partial charge in [0.05, 0.1) is 0 Å². The van der Waals surface area contributed by atoms with Gasteiger partial charge in [-0.05, 0) is 31.7 Å². The molecule has 0 atom stereocenters. The van der Waals surface area contributed by atoms with Gasteiger partial charge < -0.3 is 11.5 Å². The molecule has 0 saturated heterocycles. The monoisotopic (exact) mass is 112 g/mol. The van der Waals surface area contributed by atoms with E-state index in [-0.39, 0.29) is 0 Å². The molecule has 0 rings (SSSR count). The van der Waals surface area contributed by atoms with Crippen molar-refractivity contribution >= 4 is 0 Å². The lowest BCUT2D eigenvalue weighted by Crippen LogP contribution is -1.93. The first kappa shape index (κ1) is 7.08. The summed E-state index contributed by atoms with van der Waals surface area (Å²) in [6, 6.07) is 0. The van der Waals surface area contributed by atoms with E-state index in [0.717, 1.165) is 11.3 Å². The van der Waals surface area contributed by atoms with Crippen LogP contribution in [0, 0.1) is 0 Å². The van der Waals surface area contributed by atoms with Crippen LogP contribution in [0.1, 0.15) is 13.8 Å². The summed E-state index contributed by atoms with van der Waals surface area (Å²) in [5.74, 6) is 0. The van der Waals surface area contributed by atoms with Gasteiger partial charge in [0.15, 0.2) is 0 Å². The predicted molar refractivity (Wildman–Crippen MR) is 35.9 cm³/mol. The Labute approximate surface area is 49.9 Å². The Morgan fingerprint density at radius 3 is 2.00 bits per heavy atom. The zero-order valence-corrected chi connectivity index (χ0v) is 5.31. The van der Waals surface area contributed by atoms with E-state index in [1.165, 1.54) is 6.20 Å². The van der Waals surface area contributed by atoms with Crippen molar-refractivity contribution in [2.45, 2.75) is 13.8 Å². The summed E-state index contributed by atoms with van der Waals surface area (Å²) in [7, 11) is 0. The maximum Gasteiger partial charge on any atom is 0.00791 e. The second-order valence-electron chi connectivity index (χ2n) is 1.73. The van der Waals surface area contributed by atoms with Gasteiger partial charge >= 0.3 is 0 Å². The van der Waals surface area contributed by atoms with E-state index in [2.05, 4.69) is 0 Å². The smallest absolute Gasteiger partial charge is 0.00791 e. The van der Waals surface area contributed by atoms with Crippen LogP contribution in [-0.4, -0.2) is 0 Å². The van der Waals surface area contributed by atoms with E-state index in [9.17, 15) is 0 Å². The third-order valence-corrected chi connectivity index (χ3v) is 0.968. The molecular weight excluding hydrogens is 100 g/mol. The maximum absolute atomic E-state index is 5.39. The molecule has 0 radical (unpaired) electrons. The third kappa shape index (κ3) is 2.29. The van der Waals surface area contributed by atoms with Gasteiger partial charge in [0, 0.05) is 5.70 Å². The molecule has 0 aliphatic carbocycles. The lowest BCUT2D eigenvalue weighted by molar-refractivity contribution is 1.23. The van der Waals surface area contributed by atoms with E-state index in [1.54, 1.807) is 6.08 Å². The number of allylic oxidation sites excluding steroid dienone is 3. The van der Waals surface area contributed by atoms with Crippen LogP contribution < -0.4 is 11.5 Å². The Morgan fingerprint density at radius 1 is 1.38 bits per heavy atom. The fraction of sp³-hybridized carbons (Fsp3) is 0.333. The molecule has 0 spiro atoms. The lowest BCUT2D eigenvalue weighted by atomic mass is 10.2. The molecule has 0 aromatic carbocycles. The second kappa shape index (κ2) is 3.13. The normalized spacial score (nSPS) is 14.2. The van der Waals surface area contributed by atoms with E-state index < -0.39 is 0 Å². The molecule has 0 unspecified atom stereocenters. The molecule has 4 N–H and O–H groups in total. The van der Waals surface area contributed by atoms with Gasteiger partial charge in [-0.1, -0.05) is 0 Å². The molecule has 0 heterocycles. The first-order chi connectivity index (χ1) is 3.68. The molecule has 0 fully saturated rings. The summed E-state index contributed by atoms with van der Waals surface area (Å²) in [5, 5.41) is 0. The van der Waals surface area contributed by atoms with Crippen LogP contribution in [-0.2, 0) is 0 Å². The Hall–Kier alpha value is -0.920. The number of rotatable bonds is 1. The molecule has 0 aliphatic heterocycles. The largest absolute Gasteiger partial charge is 0.405 e. The Balaban J connectivity index is 4.00. The molecule has 0 bridgehead atoms. The Morgan fingerprint density at radius 2 is 1.88 bits per heavy atom. The highest BCUT2D eigenvalue weighted by atomic mass is 14.6. The summed E-state index contributed by atoms with van der Waals surface area (Å²) < 4.78 is 0. The van der Waals surface area contributed by atoms with Crippen molar-refractivity contribution < 1.29 is 0 Å². The molecule has 0 aromatic heterocycles. The van der Waals surface area contributed by atoms with Gasteiger partial charge in [0.25, 0.3) is 0 Å². The van der Waals surface area contributed by atoms with Crippen molar-refractivity contribution in [1.29, 1.82) is 0 Å². The summed E-state index contributed by atoms with van der Waals surface area (Å²) in [5.41, 5.74) is 12.3. The fourth-order valence-corrected chi connectivity index (χ4v) is 0.276. The van der Waals surface area contributed by atoms with Crippen LogP contribution in [0.25, 0.3) is 0 Å². The van der Waals surface area contributed by atoms with Crippen LogP contribution in [0.2, 0.25) is 0 Å². The van der Waals surface area contributed by atoms with E-state index in [0.29, 0.717) is 0 Å². The minimum absolute atomic E-state index is 0.812. The van der Waals surface area contributed by atoms with Crippen LogP contribution in [0.3, 0.4) is 0 Å². The molecule has 0 aliphatic rings. The highest BCUT2D eigenvalue weighted by molar-refractivity contribution is 5.19. The van der Waals surface area contributed by atoms with Crippen molar-refractivity contribution in [3.05, 3.63) is 23.5 Å². The number of nitrogens with two attached hydrogens (primary N) is 2. The number of hydrogen-bond donors (Lipinski definition) is 2. The Bertz CT molecular complexity index is 118. The molecule has 0 aromatic rings. The molecule has 8 heavy (non-hydrogen) atoms. The standard InChI is InChI=1S/C6H12N2/c1-5(3-4-7)6(2)8/h3-4H,7-8H2,1-2H3/b4-3-,6-5-. The highest BCUT2D eigenvalue weighted by Gasteiger charge is 1.81. The summed E-state index contributed by atoms with van der Waals surface area (Å²) in [6.07, 6.45) is 3.25. The second-order valence-corrected chi connectivity index (χ2v) is 1.73. The number of hydrogen-bond acceptors (Lipinski definition) is 2. The Kier molecular flexibility index (Phi) is 2.77. The van der Waals surface area contributed by atoms with E-state index in [4.69, 9.17) is 11.5 Å². The van der Waals surface area contributed by atoms with E-state index >= 15 is 0 Å². The first-order valence-electron chi connectivity index (χ1n) is 2.49. The van der Waals surface area contributed by atoms with Crippen LogP contribution >= 0.6 is 0 Å². The highest BCUT2D eigenvalue weighted by Crippen LogP contribution is 1.95. The van der Waals surface area contributed by atoms with Gasteiger partial charge in [-0.15, -0.1) is 0 Å². The van der Waals surface area contributed by atoms with Gasteiger partial charge in [-0.3, -0.25) is 0 Å². The van der Waals surface area contributed by atoms with Gasteiger partial charge in [0.2, 0.25) is 0 Å². The minimum Gasteiger partial charge on any atom is -0.405 e. The average molecular weight is 112 g/mol. The quantitative estimate of drug-likeness (QED) is 0.491. The maximum atomic E-state index is 5.39. The average Bonchev–Trinajstić information content (AvgIpc) is 1.67. The van der Waals surface area contributed by atoms with Crippen LogP contribution in [0.4, 0.5) is 0 Å². The van der Waals surface area contributed by atoms with Crippen LogP contribution in [0.15, 0.2) is 23.5 Å². The SMILES string of the molecule is C/C(N)=C(C)/C=C\N. The molecule has 0 saturated carbocycles. The lowest BCUT2D eigenvalue weighted by Gasteiger charge is -1.92. The van der Waals surface area contributed by atoms with Crippen molar-refractivity contribution in [2.24, 2.45) is 11.5 Å². The molecular formula is C6H12N2. The first-order valence-corrected chi connectivity index (χ1v) is 2.49. The van der Waals surface area contributed by atoms with E-state index in [1.807, 2.05) is 13.8 Å². The van der Waals surface area contributed by atoms with Crippen molar-refractivity contribution in [2.75, 3.05) is 0 Å². The minimum atomic E-state index is 0.812. The molecule has 46 valence electrons. The fourth-order valence-electron chi connectivity index (χ4n) is 0.276.